The minimum Gasteiger partial charge on any atom is -0.479 e. The molecule has 0 saturated heterocycles. The average Bonchev–Trinajstić information content (AvgIpc) is 2.34. The molecule has 0 aliphatic heterocycles. The second-order valence-corrected chi connectivity index (χ2v) is 4.18. The topological polar surface area (TPSA) is 46.5 Å². The van der Waals surface area contributed by atoms with Crippen LogP contribution in [0, 0.1) is 0 Å². The first-order valence-electron chi connectivity index (χ1n) is 6.06. The lowest BCUT2D eigenvalue weighted by Gasteiger charge is -2.21. The molecule has 2 atom stereocenters. The van der Waals surface area contributed by atoms with E-state index in [4.69, 9.17) is 4.74 Å². The summed E-state index contributed by atoms with van der Waals surface area (Å²) in [6.45, 7) is 4.45. The quantitative estimate of drug-likeness (QED) is 0.740. The van der Waals surface area contributed by atoms with Gasteiger partial charge in [-0.2, -0.15) is 0 Å². The van der Waals surface area contributed by atoms with E-state index in [9.17, 15) is 9.90 Å². The Morgan fingerprint density at radius 2 is 2.00 bits per heavy atom. The highest BCUT2D eigenvalue weighted by atomic mass is 16.5. The molecule has 0 heterocycles. The van der Waals surface area contributed by atoms with Crippen LogP contribution >= 0.6 is 0 Å². The molecule has 1 aromatic carbocycles. The fourth-order valence-corrected chi connectivity index (χ4v) is 1.72. The molecular weight excluding hydrogens is 216 g/mol. The summed E-state index contributed by atoms with van der Waals surface area (Å²) >= 11 is 0. The number of unbranched alkanes of at least 4 members (excludes halogenated alkanes) is 1. The summed E-state index contributed by atoms with van der Waals surface area (Å²) in [5.41, 5.74) is 0.997. The number of carboxylic acids is 1. The Labute approximate surface area is 102 Å². The van der Waals surface area contributed by atoms with Crippen LogP contribution in [0.25, 0.3) is 0 Å². The van der Waals surface area contributed by atoms with Crippen LogP contribution in [0.15, 0.2) is 30.3 Å². The van der Waals surface area contributed by atoms with Crippen LogP contribution in [0.4, 0.5) is 0 Å². The van der Waals surface area contributed by atoms with Crippen molar-refractivity contribution in [2.24, 2.45) is 0 Å². The van der Waals surface area contributed by atoms with E-state index >= 15 is 0 Å². The molecule has 0 spiro atoms. The number of carbonyl (C=O) groups is 1. The second kappa shape index (κ2) is 7.07. The lowest BCUT2D eigenvalue weighted by Crippen LogP contribution is -2.30. The number of carboxylic acid groups (broad SMARTS) is 1. The first-order valence-corrected chi connectivity index (χ1v) is 6.06. The molecule has 0 aliphatic carbocycles. The van der Waals surface area contributed by atoms with Gasteiger partial charge in [0.05, 0.1) is 0 Å². The highest BCUT2D eigenvalue weighted by Gasteiger charge is 2.26. The van der Waals surface area contributed by atoms with Crippen molar-refractivity contribution in [3.05, 3.63) is 35.9 Å². The Hall–Kier alpha value is -1.35. The average molecular weight is 236 g/mol. The van der Waals surface area contributed by atoms with Crippen molar-refractivity contribution in [2.75, 3.05) is 6.61 Å². The van der Waals surface area contributed by atoms with Gasteiger partial charge in [-0.25, -0.2) is 4.79 Å². The van der Waals surface area contributed by atoms with E-state index < -0.39 is 12.1 Å². The van der Waals surface area contributed by atoms with Gasteiger partial charge in [-0.15, -0.1) is 0 Å². The molecule has 0 aliphatic rings. The third kappa shape index (κ3) is 4.19. The van der Waals surface area contributed by atoms with Gasteiger partial charge in [0.25, 0.3) is 0 Å². The fourth-order valence-electron chi connectivity index (χ4n) is 1.72. The Morgan fingerprint density at radius 1 is 1.35 bits per heavy atom. The van der Waals surface area contributed by atoms with Gasteiger partial charge >= 0.3 is 5.97 Å². The molecule has 3 heteroatoms. The van der Waals surface area contributed by atoms with E-state index in [1.807, 2.05) is 37.3 Å². The van der Waals surface area contributed by atoms with Gasteiger partial charge in [-0.05, 0) is 12.0 Å². The molecular formula is C14H20O3. The molecule has 0 amide bonds. The minimum atomic E-state index is -0.891. The Morgan fingerprint density at radius 3 is 2.53 bits per heavy atom. The monoisotopic (exact) mass is 236 g/mol. The molecule has 3 nitrogen and oxygen atoms in total. The van der Waals surface area contributed by atoms with Crippen molar-refractivity contribution in [1.29, 1.82) is 0 Å². The van der Waals surface area contributed by atoms with E-state index in [1.165, 1.54) is 0 Å². The SMILES string of the molecule is CCCCOC(C(=O)O)C(C)c1ccccc1. The summed E-state index contributed by atoms with van der Waals surface area (Å²) in [5.74, 6) is -1.02. The van der Waals surface area contributed by atoms with Gasteiger partial charge < -0.3 is 9.84 Å². The zero-order valence-electron chi connectivity index (χ0n) is 10.4. The van der Waals surface area contributed by atoms with E-state index in [2.05, 4.69) is 6.92 Å². The number of hydrogen-bond acceptors (Lipinski definition) is 2. The molecule has 0 radical (unpaired) electrons. The standard InChI is InChI=1S/C14H20O3/c1-3-4-10-17-13(14(15)16)11(2)12-8-6-5-7-9-12/h5-9,11,13H,3-4,10H2,1-2H3,(H,15,16). The van der Waals surface area contributed by atoms with Crippen molar-refractivity contribution < 1.29 is 14.6 Å². The number of benzene rings is 1. The molecule has 0 bridgehead atoms. The summed E-state index contributed by atoms with van der Waals surface area (Å²) < 4.78 is 5.46. The molecule has 1 N–H and O–H groups in total. The molecule has 1 rings (SSSR count). The van der Waals surface area contributed by atoms with Crippen molar-refractivity contribution >= 4 is 5.97 Å². The summed E-state index contributed by atoms with van der Waals surface area (Å²) in [4.78, 5) is 11.2. The first kappa shape index (κ1) is 13.7. The van der Waals surface area contributed by atoms with Gasteiger partial charge in [0.2, 0.25) is 0 Å². The van der Waals surface area contributed by atoms with Crippen LogP contribution in [-0.2, 0) is 9.53 Å². The predicted octanol–water partition coefficient (Wildman–Crippen LogP) is 3.06. The second-order valence-electron chi connectivity index (χ2n) is 4.18. The zero-order chi connectivity index (χ0) is 12.7. The summed E-state index contributed by atoms with van der Waals surface area (Å²) in [7, 11) is 0. The molecule has 94 valence electrons. The van der Waals surface area contributed by atoms with Crippen molar-refractivity contribution in [3.63, 3.8) is 0 Å². The maximum Gasteiger partial charge on any atom is 0.333 e. The highest BCUT2D eigenvalue weighted by molar-refractivity contribution is 5.73. The maximum absolute atomic E-state index is 11.2. The van der Waals surface area contributed by atoms with Gasteiger partial charge in [0.15, 0.2) is 6.10 Å². The Balaban J connectivity index is 2.67. The molecule has 0 saturated carbocycles. The van der Waals surface area contributed by atoms with Crippen molar-refractivity contribution in [3.8, 4) is 0 Å². The summed E-state index contributed by atoms with van der Waals surface area (Å²) in [5, 5.41) is 9.18. The highest BCUT2D eigenvalue weighted by Crippen LogP contribution is 2.21. The predicted molar refractivity (Wildman–Crippen MR) is 67.1 cm³/mol. The number of aliphatic carboxylic acids is 1. The smallest absolute Gasteiger partial charge is 0.333 e. The largest absolute Gasteiger partial charge is 0.479 e. The Kier molecular flexibility index (Phi) is 5.70. The van der Waals surface area contributed by atoms with Crippen molar-refractivity contribution in [2.45, 2.75) is 38.7 Å². The molecule has 17 heavy (non-hydrogen) atoms. The maximum atomic E-state index is 11.2. The molecule has 0 fully saturated rings. The number of ether oxygens (including phenoxy) is 1. The van der Waals surface area contributed by atoms with Crippen LogP contribution in [0.2, 0.25) is 0 Å². The van der Waals surface area contributed by atoms with Gasteiger partial charge in [-0.3, -0.25) is 0 Å². The van der Waals surface area contributed by atoms with Crippen LogP contribution in [0.1, 0.15) is 38.2 Å². The van der Waals surface area contributed by atoms with E-state index in [-0.39, 0.29) is 5.92 Å². The third-order valence-corrected chi connectivity index (χ3v) is 2.82. The molecule has 0 aromatic heterocycles. The lowest BCUT2D eigenvalue weighted by atomic mass is 9.95. The number of hydrogen-bond donors (Lipinski definition) is 1. The van der Waals surface area contributed by atoms with Gasteiger partial charge in [0.1, 0.15) is 0 Å². The van der Waals surface area contributed by atoms with E-state index in [1.54, 1.807) is 0 Å². The summed E-state index contributed by atoms with van der Waals surface area (Å²) in [6.07, 6.45) is 1.14. The van der Waals surface area contributed by atoms with E-state index in [0.29, 0.717) is 6.61 Å². The van der Waals surface area contributed by atoms with Gasteiger partial charge in [0, 0.05) is 12.5 Å². The molecule has 1 aromatic rings. The third-order valence-electron chi connectivity index (χ3n) is 2.82. The first-order chi connectivity index (χ1) is 8.16. The number of rotatable bonds is 7. The van der Waals surface area contributed by atoms with E-state index in [0.717, 1.165) is 18.4 Å². The van der Waals surface area contributed by atoms with Gasteiger partial charge in [-0.1, -0.05) is 50.6 Å². The van der Waals surface area contributed by atoms with Crippen LogP contribution in [-0.4, -0.2) is 23.8 Å². The van der Waals surface area contributed by atoms with Crippen LogP contribution < -0.4 is 0 Å². The minimum absolute atomic E-state index is 0.134. The zero-order valence-corrected chi connectivity index (χ0v) is 10.4. The summed E-state index contributed by atoms with van der Waals surface area (Å²) in [6, 6.07) is 9.62. The Bertz CT molecular complexity index is 335. The lowest BCUT2D eigenvalue weighted by molar-refractivity contribution is -0.151. The fraction of sp³-hybridized carbons (Fsp3) is 0.500. The van der Waals surface area contributed by atoms with Crippen LogP contribution in [0.3, 0.4) is 0 Å². The molecule has 2 unspecified atom stereocenters. The normalized spacial score (nSPS) is 14.2. The van der Waals surface area contributed by atoms with Crippen molar-refractivity contribution in [1.82, 2.24) is 0 Å². The van der Waals surface area contributed by atoms with Crippen LogP contribution in [0.5, 0.6) is 0 Å².